The van der Waals surface area contributed by atoms with Crippen LogP contribution in [-0.4, -0.2) is 15.0 Å². The van der Waals surface area contributed by atoms with Crippen molar-refractivity contribution in [1.29, 1.82) is 0 Å². The van der Waals surface area contributed by atoms with Crippen molar-refractivity contribution in [3.63, 3.8) is 0 Å². The molecular formula is C23H20N4O2. The monoisotopic (exact) mass is 384 g/mol. The van der Waals surface area contributed by atoms with Crippen molar-refractivity contribution in [2.75, 3.05) is 0 Å². The van der Waals surface area contributed by atoms with E-state index in [-0.39, 0.29) is 0 Å². The number of pyridine rings is 1. The molecule has 6 nitrogen and oxygen atoms in total. The number of aromatic nitrogens is 3. The highest BCUT2D eigenvalue weighted by Gasteiger charge is 2.12. The second kappa shape index (κ2) is 8.13. The van der Waals surface area contributed by atoms with Crippen molar-refractivity contribution in [2.45, 2.75) is 27.0 Å². The minimum Gasteiger partial charge on any atom is -0.471 e. The van der Waals surface area contributed by atoms with Crippen molar-refractivity contribution in [2.24, 2.45) is 5.73 Å². The average molecular weight is 384 g/mol. The molecule has 6 heteroatoms. The fourth-order valence-corrected chi connectivity index (χ4v) is 2.94. The molecule has 0 bridgehead atoms. The first kappa shape index (κ1) is 18.7. The maximum atomic E-state index is 5.97. The number of furan rings is 1. The van der Waals surface area contributed by atoms with Crippen molar-refractivity contribution in [3.8, 4) is 17.7 Å². The summed E-state index contributed by atoms with van der Waals surface area (Å²) in [5, 5.41) is 0. The number of nitrogens with two attached hydrogens (primary N) is 1. The minimum atomic E-state index is 0.320. The van der Waals surface area contributed by atoms with E-state index in [1.54, 1.807) is 6.20 Å². The Hall–Kier alpha value is -3.69. The van der Waals surface area contributed by atoms with Gasteiger partial charge in [0.1, 0.15) is 23.6 Å². The number of ether oxygens (including phenoxy) is 1. The molecule has 0 amide bonds. The second-order valence-electron chi connectivity index (χ2n) is 6.61. The summed E-state index contributed by atoms with van der Waals surface area (Å²) in [5.41, 5.74) is 10.2. The molecule has 144 valence electrons. The molecule has 0 saturated heterocycles. The van der Waals surface area contributed by atoms with Gasteiger partial charge in [-0.15, -0.1) is 0 Å². The van der Waals surface area contributed by atoms with Crippen LogP contribution in [0.1, 0.15) is 33.9 Å². The zero-order valence-electron chi connectivity index (χ0n) is 16.3. The van der Waals surface area contributed by atoms with Gasteiger partial charge in [-0.25, -0.2) is 15.0 Å². The number of hydrogen-bond donors (Lipinski definition) is 1. The fraction of sp³-hybridized carbons (Fsp3) is 0.174. The number of benzene rings is 1. The molecule has 0 unspecified atom stereocenters. The molecule has 0 fully saturated rings. The maximum absolute atomic E-state index is 5.97. The lowest BCUT2D eigenvalue weighted by atomic mass is 10.1. The number of aryl methyl sites for hydroxylation is 2. The highest BCUT2D eigenvalue weighted by Crippen LogP contribution is 2.20. The van der Waals surface area contributed by atoms with Gasteiger partial charge in [0.15, 0.2) is 11.3 Å². The summed E-state index contributed by atoms with van der Waals surface area (Å²) in [5.74, 6) is 8.23. The van der Waals surface area contributed by atoms with E-state index in [0.717, 1.165) is 28.2 Å². The van der Waals surface area contributed by atoms with Crippen LogP contribution in [0.3, 0.4) is 0 Å². The molecule has 0 saturated carbocycles. The zero-order valence-corrected chi connectivity index (χ0v) is 16.3. The van der Waals surface area contributed by atoms with E-state index in [1.807, 2.05) is 56.3 Å². The number of rotatable bonds is 4. The molecule has 0 spiro atoms. The Morgan fingerprint density at radius 1 is 1.07 bits per heavy atom. The normalized spacial score (nSPS) is 10.6. The van der Waals surface area contributed by atoms with E-state index in [9.17, 15) is 0 Å². The minimum absolute atomic E-state index is 0.320. The molecule has 0 radical (unpaired) electrons. The van der Waals surface area contributed by atoms with Crippen LogP contribution in [0.15, 0.2) is 53.1 Å². The lowest BCUT2D eigenvalue weighted by Crippen LogP contribution is -2.03. The lowest BCUT2D eigenvalue weighted by Gasteiger charge is -2.07. The maximum Gasteiger partial charge on any atom is 0.250 e. The van der Waals surface area contributed by atoms with Crippen molar-refractivity contribution in [1.82, 2.24) is 15.0 Å². The third-order valence-electron chi connectivity index (χ3n) is 4.40. The summed E-state index contributed by atoms with van der Waals surface area (Å²) in [6, 6.07) is 13.4. The van der Waals surface area contributed by atoms with Gasteiger partial charge in [-0.2, -0.15) is 0 Å². The molecule has 2 N–H and O–H groups in total. The van der Waals surface area contributed by atoms with E-state index < -0.39 is 0 Å². The number of hydrogen-bond acceptors (Lipinski definition) is 6. The van der Waals surface area contributed by atoms with Crippen LogP contribution in [-0.2, 0) is 13.2 Å². The van der Waals surface area contributed by atoms with Crippen LogP contribution in [0.25, 0.3) is 11.2 Å². The molecule has 0 aliphatic heterocycles. The first-order chi connectivity index (χ1) is 14.1. The van der Waals surface area contributed by atoms with Crippen LogP contribution in [0.4, 0.5) is 0 Å². The molecule has 3 heterocycles. The van der Waals surface area contributed by atoms with Gasteiger partial charge in [-0.05, 0) is 55.7 Å². The van der Waals surface area contributed by atoms with E-state index in [0.29, 0.717) is 35.9 Å². The average Bonchev–Trinajstić information content (AvgIpc) is 3.07. The van der Waals surface area contributed by atoms with E-state index in [4.69, 9.17) is 14.9 Å². The van der Waals surface area contributed by atoms with Crippen LogP contribution in [0.2, 0.25) is 0 Å². The van der Waals surface area contributed by atoms with Crippen molar-refractivity contribution < 1.29 is 9.15 Å². The summed E-state index contributed by atoms with van der Waals surface area (Å²) in [7, 11) is 0. The summed E-state index contributed by atoms with van der Waals surface area (Å²) in [6.45, 7) is 4.60. The van der Waals surface area contributed by atoms with Gasteiger partial charge < -0.3 is 14.9 Å². The molecule has 1 aromatic carbocycles. The predicted octanol–water partition coefficient (Wildman–Crippen LogP) is 3.67. The number of nitrogens with zero attached hydrogens (tertiary/aromatic N) is 3. The predicted molar refractivity (Wildman–Crippen MR) is 110 cm³/mol. The van der Waals surface area contributed by atoms with E-state index in [1.165, 1.54) is 0 Å². The third kappa shape index (κ3) is 4.26. The summed E-state index contributed by atoms with van der Waals surface area (Å²) in [4.78, 5) is 13.4. The Morgan fingerprint density at radius 3 is 2.76 bits per heavy atom. The standard InChI is InChI=1S/C23H20N4O2/c1-15-11-19(16(2)29-15)14-28-23-21(26-22-20(27-23)7-4-10-25-22)9-8-17-5-3-6-18(12-17)13-24/h3-7,10-12H,13-14,24H2,1-2H3. The highest BCUT2D eigenvalue weighted by molar-refractivity contribution is 5.71. The Bertz CT molecular complexity index is 1230. The van der Waals surface area contributed by atoms with Crippen LogP contribution < -0.4 is 10.5 Å². The quantitative estimate of drug-likeness (QED) is 0.540. The van der Waals surface area contributed by atoms with E-state index >= 15 is 0 Å². The van der Waals surface area contributed by atoms with Gasteiger partial charge >= 0.3 is 0 Å². The van der Waals surface area contributed by atoms with Gasteiger partial charge in [0.25, 0.3) is 0 Å². The third-order valence-corrected chi connectivity index (χ3v) is 4.40. The molecule has 0 aliphatic carbocycles. The summed E-state index contributed by atoms with van der Waals surface area (Å²) < 4.78 is 11.5. The fourth-order valence-electron chi connectivity index (χ4n) is 2.94. The zero-order chi connectivity index (χ0) is 20.2. The van der Waals surface area contributed by atoms with Crippen molar-refractivity contribution >= 4 is 11.2 Å². The Kier molecular flexibility index (Phi) is 5.23. The highest BCUT2D eigenvalue weighted by atomic mass is 16.5. The van der Waals surface area contributed by atoms with Gasteiger partial charge in [0.2, 0.25) is 5.88 Å². The van der Waals surface area contributed by atoms with Gasteiger partial charge in [0, 0.05) is 23.9 Å². The second-order valence-corrected chi connectivity index (χ2v) is 6.61. The van der Waals surface area contributed by atoms with Gasteiger partial charge in [-0.3, -0.25) is 0 Å². The first-order valence-electron chi connectivity index (χ1n) is 9.25. The van der Waals surface area contributed by atoms with Crippen molar-refractivity contribution in [3.05, 3.63) is 82.6 Å². The van der Waals surface area contributed by atoms with Gasteiger partial charge in [0.05, 0.1) is 0 Å². The number of fused-ring (bicyclic) bond motifs is 1. The summed E-state index contributed by atoms with van der Waals surface area (Å²) >= 11 is 0. The molecule has 4 aromatic rings. The largest absolute Gasteiger partial charge is 0.471 e. The SMILES string of the molecule is Cc1cc(COc2nc3cccnc3nc2C#Cc2cccc(CN)c2)c(C)o1. The molecule has 29 heavy (non-hydrogen) atoms. The Balaban J connectivity index is 1.70. The molecule has 0 aliphatic rings. The van der Waals surface area contributed by atoms with Crippen LogP contribution in [0.5, 0.6) is 5.88 Å². The topological polar surface area (TPSA) is 87.1 Å². The Labute approximate surface area is 168 Å². The molecular weight excluding hydrogens is 364 g/mol. The smallest absolute Gasteiger partial charge is 0.250 e. The molecule has 0 atom stereocenters. The van der Waals surface area contributed by atoms with Crippen LogP contribution >= 0.6 is 0 Å². The van der Waals surface area contributed by atoms with Gasteiger partial charge in [-0.1, -0.05) is 18.1 Å². The van der Waals surface area contributed by atoms with Crippen LogP contribution in [0, 0.1) is 25.7 Å². The molecule has 3 aromatic heterocycles. The summed E-state index contributed by atoms with van der Waals surface area (Å²) in [6.07, 6.45) is 1.68. The first-order valence-corrected chi connectivity index (χ1v) is 9.25. The lowest BCUT2D eigenvalue weighted by molar-refractivity contribution is 0.290. The van der Waals surface area contributed by atoms with E-state index in [2.05, 4.69) is 26.8 Å². The Morgan fingerprint density at radius 2 is 1.97 bits per heavy atom. The molecule has 4 rings (SSSR count).